The van der Waals surface area contributed by atoms with Gasteiger partial charge in [-0.15, -0.1) is 0 Å². The first-order valence-electron chi connectivity index (χ1n) is 9.04. The van der Waals surface area contributed by atoms with Gasteiger partial charge in [-0.2, -0.15) is 0 Å². The Morgan fingerprint density at radius 2 is 1.72 bits per heavy atom. The maximum absolute atomic E-state index is 12.3. The van der Waals surface area contributed by atoms with Gasteiger partial charge in [0.25, 0.3) is 11.5 Å². The number of hydrogen-bond acceptors (Lipinski definition) is 5. The van der Waals surface area contributed by atoms with Crippen molar-refractivity contribution in [3.8, 4) is 0 Å². The van der Waals surface area contributed by atoms with E-state index in [9.17, 15) is 14.4 Å². The van der Waals surface area contributed by atoms with Crippen LogP contribution in [0, 0.1) is 6.92 Å². The van der Waals surface area contributed by atoms with Gasteiger partial charge in [0.05, 0.1) is 11.6 Å². The van der Waals surface area contributed by atoms with Crippen molar-refractivity contribution >= 4 is 17.7 Å². The van der Waals surface area contributed by atoms with E-state index in [1.807, 2.05) is 36.4 Å². The fraction of sp³-hybridized carbons (Fsp3) is 0.190. The minimum Gasteiger partial charge on any atom is -0.359 e. The number of ether oxygens (including phenoxy) is 1. The summed E-state index contributed by atoms with van der Waals surface area (Å²) in [6, 6.07) is 18.4. The van der Waals surface area contributed by atoms with Gasteiger partial charge in [-0.1, -0.05) is 48.2 Å². The van der Waals surface area contributed by atoms with Crippen molar-refractivity contribution in [2.45, 2.75) is 23.6 Å². The highest BCUT2D eigenvalue weighted by Gasteiger charge is 2.13. The Kier molecular flexibility index (Phi) is 7.04. The van der Waals surface area contributed by atoms with Gasteiger partial charge in [0, 0.05) is 22.6 Å². The van der Waals surface area contributed by atoms with E-state index in [0.29, 0.717) is 22.7 Å². The van der Waals surface area contributed by atoms with Gasteiger partial charge >= 0.3 is 5.69 Å². The molecule has 29 heavy (non-hydrogen) atoms. The first kappa shape index (κ1) is 20.6. The molecule has 3 aromatic rings. The number of benzene rings is 2. The fourth-order valence-corrected chi connectivity index (χ4v) is 3.59. The van der Waals surface area contributed by atoms with E-state index in [1.54, 1.807) is 31.2 Å². The lowest BCUT2D eigenvalue weighted by Gasteiger charge is -2.14. The van der Waals surface area contributed by atoms with E-state index in [4.69, 9.17) is 4.74 Å². The van der Waals surface area contributed by atoms with Crippen LogP contribution in [0.3, 0.4) is 0 Å². The van der Waals surface area contributed by atoms with Gasteiger partial charge < -0.3 is 10.1 Å². The van der Waals surface area contributed by atoms with Crippen molar-refractivity contribution in [1.82, 2.24) is 14.9 Å². The van der Waals surface area contributed by atoms with Crippen LogP contribution in [0.25, 0.3) is 0 Å². The van der Waals surface area contributed by atoms with Gasteiger partial charge in [0.2, 0.25) is 0 Å². The molecule has 2 N–H and O–H groups in total. The van der Waals surface area contributed by atoms with E-state index in [2.05, 4.69) is 10.3 Å². The number of H-pyrrole nitrogens is 1. The van der Waals surface area contributed by atoms with Crippen LogP contribution in [0.15, 0.2) is 80.2 Å². The Morgan fingerprint density at radius 1 is 1.07 bits per heavy atom. The molecule has 0 aliphatic heterocycles. The number of hydrogen-bond donors (Lipinski definition) is 2. The molecule has 1 amide bonds. The molecule has 0 aliphatic carbocycles. The monoisotopic (exact) mass is 411 g/mol. The molecule has 2 aromatic carbocycles. The summed E-state index contributed by atoms with van der Waals surface area (Å²) in [5, 5.41) is 3.29. The summed E-state index contributed by atoms with van der Waals surface area (Å²) in [6.07, 6.45) is 0. The highest BCUT2D eigenvalue weighted by Crippen LogP contribution is 2.27. The van der Waals surface area contributed by atoms with Crippen molar-refractivity contribution in [3.63, 3.8) is 0 Å². The van der Waals surface area contributed by atoms with Gasteiger partial charge in [-0.25, -0.2) is 4.79 Å². The van der Waals surface area contributed by atoms with Gasteiger partial charge in [-0.05, 0) is 31.2 Å². The van der Waals surface area contributed by atoms with Crippen LogP contribution >= 0.6 is 11.8 Å². The summed E-state index contributed by atoms with van der Waals surface area (Å²) in [6.45, 7) is 2.15. The molecule has 0 saturated heterocycles. The van der Waals surface area contributed by atoms with Crippen molar-refractivity contribution in [2.24, 2.45) is 0 Å². The van der Waals surface area contributed by atoms with Gasteiger partial charge in [0.15, 0.2) is 0 Å². The lowest BCUT2D eigenvalue weighted by atomic mass is 10.2. The number of nitrogens with zero attached hydrogens (tertiary/aromatic N) is 1. The van der Waals surface area contributed by atoms with Crippen molar-refractivity contribution in [2.75, 3.05) is 13.2 Å². The van der Waals surface area contributed by atoms with Crippen LogP contribution < -0.4 is 16.6 Å². The fourth-order valence-electron chi connectivity index (χ4n) is 2.58. The molecule has 150 valence electrons. The van der Waals surface area contributed by atoms with Crippen LogP contribution in [0.2, 0.25) is 0 Å². The van der Waals surface area contributed by atoms with Crippen LogP contribution in [0.4, 0.5) is 0 Å². The molecule has 1 heterocycles. The third-order valence-electron chi connectivity index (χ3n) is 4.12. The number of nitrogens with one attached hydrogen (secondary N) is 2. The first-order valence-corrected chi connectivity index (χ1v) is 9.85. The summed E-state index contributed by atoms with van der Waals surface area (Å²) in [5.41, 5.74) is 0.0631. The molecular weight excluding hydrogens is 390 g/mol. The largest absolute Gasteiger partial charge is 0.359 e. The summed E-state index contributed by atoms with van der Waals surface area (Å²) in [7, 11) is 0. The predicted molar refractivity (Wildman–Crippen MR) is 111 cm³/mol. The van der Waals surface area contributed by atoms with Crippen LogP contribution in [-0.2, 0) is 11.5 Å². The van der Waals surface area contributed by atoms with Crippen molar-refractivity contribution in [1.29, 1.82) is 0 Å². The van der Waals surface area contributed by atoms with Crippen LogP contribution in [0.1, 0.15) is 15.9 Å². The zero-order valence-corrected chi connectivity index (χ0v) is 16.7. The van der Waals surface area contributed by atoms with Crippen molar-refractivity contribution < 1.29 is 9.53 Å². The topological polar surface area (TPSA) is 93.2 Å². The van der Waals surface area contributed by atoms with E-state index < -0.39 is 11.2 Å². The summed E-state index contributed by atoms with van der Waals surface area (Å²) >= 11 is 1.33. The van der Waals surface area contributed by atoms with E-state index in [-0.39, 0.29) is 19.2 Å². The maximum atomic E-state index is 12.3. The number of aromatic amines is 1. The smallest absolute Gasteiger partial charge is 0.331 e. The summed E-state index contributed by atoms with van der Waals surface area (Å²) in [4.78, 5) is 39.5. The molecule has 0 fully saturated rings. The number of carbonyl (C=O) groups is 1. The molecule has 8 heteroatoms. The normalized spacial score (nSPS) is 10.7. The van der Waals surface area contributed by atoms with Crippen molar-refractivity contribution in [3.05, 3.63) is 92.6 Å². The molecular formula is C21H21N3O4S. The summed E-state index contributed by atoms with van der Waals surface area (Å²) in [5.74, 6) is -0.188. The minimum absolute atomic E-state index is 0.0349. The van der Waals surface area contributed by atoms with Crippen LogP contribution in [-0.4, -0.2) is 28.6 Å². The second kappa shape index (κ2) is 9.90. The number of rotatable bonds is 8. The Bertz CT molecular complexity index is 1080. The Morgan fingerprint density at radius 3 is 2.41 bits per heavy atom. The average molecular weight is 411 g/mol. The molecule has 0 radical (unpaired) electrons. The van der Waals surface area contributed by atoms with Gasteiger partial charge in [-0.3, -0.25) is 19.1 Å². The predicted octanol–water partition coefficient (Wildman–Crippen LogP) is 2.40. The third-order valence-corrected chi connectivity index (χ3v) is 5.35. The quantitative estimate of drug-likeness (QED) is 0.439. The first-order chi connectivity index (χ1) is 14.1. The maximum Gasteiger partial charge on any atom is 0.331 e. The molecule has 0 unspecified atom stereocenters. The Balaban J connectivity index is 1.63. The lowest BCUT2D eigenvalue weighted by Crippen LogP contribution is -2.34. The van der Waals surface area contributed by atoms with Gasteiger partial charge in [0.1, 0.15) is 6.73 Å². The standard InChI is InChI=1S/C21H21N3O4S/c1-15-18(25)23-21(27)24(20(15)29-17-10-6-3-7-11-17)14-28-13-12-22-19(26)16-8-4-2-5-9-16/h2-11H,12-14H2,1H3,(H,22,26)(H,23,25,27). The highest BCUT2D eigenvalue weighted by atomic mass is 32.2. The third kappa shape index (κ3) is 5.46. The van der Waals surface area contributed by atoms with E-state index in [0.717, 1.165) is 4.90 Å². The number of aromatic nitrogens is 2. The molecule has 7 nitrogen and oxygen atoms in total. The second-order valence-electron chi connectivity index (χ2n) is 6.19. The molecule has 0 atom stereocenters. The molecule has 0 aliphatic rings. The Hall–Kier alpha value is -3.10. The van der Waals surface area contributed by atoms with Crippen LogP contribution in [0.5, 0.6) is 0 Å². The molecule has 0 saturated carbocycles. The lowest BCUT2D eigenvalue weighted by molar-refractivity contribution is 0.0663. The number of carbonyl (C=O) groups excluding carboxylic acids is 1. The van der Waals surface area contributed by atoms with E-state index in [1.165, 1.54) is 16.3 Å². The highest BCUT2D eigenvalue weighted by molar-refractivity contribution is 7.99. The zero-order chi connectivity index (χ0) is 20.6. The molecule has 0 bridgehead atoms. The average Bonchev–Trinajstić information content (AvgIpc) is 2.74. The zero-order valence-electron chi connectivity index (χ0n) is 15.9. The molecule has 0 spiro atoms. The number of amides is 1. The SMILES string of the molecule is Cc1c(Sc2ccccc2)n(COCCNC(=O)c2ccccc2)c(=O)[nH]c1=O. The summed E-state index contributed by atoms with van der Waals surface area (Å²) < 4.78 is 6.96. The molecule has 3 rings (SSSR count). The minimum atomic E-state index is -0.535. The Labute approximate surface area is 171 Å². The van der Waals surface area contributed by atoms with E-state index >= 15 is 0 Å². The second-order valence-corrected chi connectivity index (χ2v) is 7.25. The molecule has 1 aromatic heterocycles.